The van der Waals surface area contributed by atoms with Gasteiger partial charge < -0.3 is 15.4 Å². The van der Waals surface area contributed by atoms with Crippen molar-refractivity contribution in [3.63, 3.8) is 0 Å². The number of amides is 1. The van der Waals surface area contributed by atoms with E-state index in [1.54, 1.807) is 7.11 Å². The van der Waals surface area contributed by atoms with E-state index in [4.69, 9.17) is 10.5 Å². The van der Waals surface area contributed by atoms with Gasteiger partial charge in [0.15, 0.2) is 0 Å². The summed E-state index contributed by atoms with van der Waals surface area (Å²) in [7, 11) is 1.62. The zero-order chi connectivity index (χ0) is 14.4. The smallest absolute Gasteiger partial charge is 0.254 e. The number of methoxy groups -OCH3 is 1. The summed E-state index contributed by atoms with van der Waals surface area (Å²) in [6, 6.07) is 7.66. The van der Waals surface area contributed by atoms with Gasteiger partial charge in [0.2, 0.25) is 0 Å². The first-order chi connectivity index (χ1) is 9.76. The highest BCUT2D eigenvalue weighted by atomic mass is 16.5. The van der Waals surface area contributed by atoms with Crippen LogP contribution in [-0.2, 0) is 0 Å². The highest BCUT2D eigenvalue weighted by molar-refractivity contribution is 5.94. The molecule has 0 saturated heterocycles. The minimum atomic E-state index is 0.0880. The minimum Gasteiger partial charge on any atom is -0.497 e. The average Bonchev–Trinajstić information content (AvgIpc) is 2.53. The largest absolute Gasteiger partial charge is 0.497 e. The summed E-state index contributed by atoms with van der Waals surface area (Å²) in [6.45, 7) is 1.15. The Labute approximate surface area is 120 Å². The Hall–Kier alpha value is -1.55. The van der Waals surface area contributed by atoms with Gasteiger partial charge in [0.25, 0.3) is 5.91 Å². The summed E-state index contributed by atoms with van der Waals surface area (Å²) in [5.74, 6) is 0.856. The molecule has 1 amide bonds. The summed E-state index contributed by atoms with van der Waals surface area (Å²) >= 11 is 0. The molecule has 0 radical (unpaired) electrons. The monoisotopic (exact) mass is 276 g/mol. The fourth-order valence-electron chi connectivity index (χ4n) is 2.88. The zero-order valence-electron chi connectivity index (χ0n) is 12.2. The molecule has 1 aromatic rings. The Morgan fingerprint density at radius 3 is 2.45 bits per heavy atom. The summed E-state index contributed by atoms with van der Waals surface area (Å²) < 4.78 is 5.13. The molecule has 2 rings (SSSR count). The van der Waals surface area contributed by atoms with Crippen molar-refractivity contribution in [2.24, 2.45) is 5.73 Å². The number of nitrogens with zero attached hydrogens (tertiary/aromatic N) is 1. The van der Waals surface area contributed by atoms with E-state index in [-0.39, 0.29) is 5.91 Å². The lowest BCUT2D eigenvalue weighted by Crippen LogP contribution is -2.44. The average molecular weight is 276 g/mol. The maximum absolute atomic E-state index is 12.7. The Morgan fingerprint density at radius 1 is 1.25 bits per heavy atom. The van der Waals surface area contributed by atoms with Crippen molar-refractivity contribution in [1.82, 2.24) is 4.90 Å². The molecule has 0 spiro atoms. The minimum absolute atomic E-state index is 0.0880. The molecule has 4 nitrogen and oxygen atoms in total. The molecular weight excluding hydrogens is 252 g/mol. The zero-order valence-corrected chi connectivity index (χ0v) is 12.2. The second-order valence-corrected chi connectivity index (χ2v) is 5.31. The Balaban J connectivity index is 2.12. The molecule has 110 valence electrons. The summed E-state index contributed by atoms with van der Waals surface area (Å²) in [4.78, 5) is 14.6. The Morgan fingerprint density at radius 2 is 1.90 bits per heavy atom. The van der Waals surface area contributed by atoms with Crippen LogP contribution in [0.15, 0.2) is 24.3 Å². The number of carbonyl (C=O) groups is 1. The van der Waals surface area contributed by atoms with E-state index in [9.17, 15) is 4.79 Å². The van der Waals surface area contributed by atoms with Crippen LogP contribution in [0.25, 0.3) is 0 Å². The maximum Gasteiger partial charge on any atom is 0.254 e. The molecule has 4 heteroatoms. The molecule has 0 atom stereocenters. The summed E-state index contributed by atoms with van der Waals surface area (Å²) in [5, 5.41) is 0. The molecule has 0 bridgehead atoms. The van der Waals surface area contributed by atoms with Gasteiger partial charge in [-0.15, -0.1) is 0 Å². The van der Waals surface area contributed by atoms with Crippen LogP contribution in [0.4, 0.5) is 0 Å². The van der Waals surface area contributed by atoms with E-state index in [2.05, 4.69) is 0 Å². The van der Waals surface area contributed by atoms with Crippen molar-refractivity contribution < 1.29 is 9.53 Å². The third-order valence-electron chi connectivity index (χ3n) is 3.98. The number of rotatable bonds is 5. The number of nitrogens with two attached hydrogens (primary N) is 1. The first-order valence-electron chi connectivity index (χ1n) is 7.41. The summed E-state index contributed by atoms with van der Waals surface area (Å²) in [5.41, 5.74) is 6.40. The molecule has 0 aromatic heterocycles. The van der Waals surface area contributed by atoms with Crippen LogP contribution in [0.2, 0.25) is 0 Å². The molecular formula is C16H24N2O2. The van der Waals surface area contributed by atoms with Crippen LogP contribution in [0, 0.1) is 0 Å². The lowest BCUT2D eigenvalue weighted by Gasteiger charge is -2.34. The molecule has 1 aliphatic rings. The van der Waals surface area contributed by atoms with Gasteiger partial charge in [-0.05, 0) is 37.1 Å². The van der Waals surface area contributed by atoms with Crippen LogP contribution in [-0.4, -0.2) is 37.0 Å². The van der Waals surface area contributed by atoms with Crippen LogP contribution in [0.1, 0.15) is 42.5 Å². The first kappa shape index (κ1) is 14.9. The van der Waals surface area contributed by atoms with Crippen LogP contribution < -0.4 is 10.5 Å². The molecule has 1 saturated carbocycles. The molecule has 0 unspecified atom stereocenters. The normalized spacial score (nSPS) is 15.9. The van der Waals surface area contributed by atoms with Gasteiger partial charge in [0.05, 0.1) is 7.11 Å². The van der Waals surface area contributed by atoms with Gasteiger partial charge in [-0.3, -0.25) is 4.79 Å². The third kappa shape index (κ3) is 3.51. The number of hydrogen-bond acceptors (Lipinski definition) is 3. The van der Waals surface area contributed by atoms with E-state index in [0.717, 1.165) is 18.6 Å². The van der Waals surface area contributed by atoms with Crippen molar-refractivity contribution in [3.8, 4) is 5.75 Å². The number of ether oxygens (including phenoxy) is 1. The Bertz CT molecular complexity index is 425. The SMILES string of the molecule is COc1ccc(C(=O)N(CCN)C2CCCCC2)cc1. The van der Waals surface area contributed by atoms with Gasteiger partial charge in [-0.25, -0.2) is 0 Å². The van der Waals surface area contributed by atoms with Crippen molar-refractivity contribution in [1.29, 1.82) is 0 Å². The number of hydrogen-bond donors (Lipinski definition) is 1. The van der Waals surface area contributed by atoms with Crippen molar-refractivity contribution >= 4 is 5.91 Å². The highest BCUT2D eigenvalue weighted by Crippen LogP contribution is 2.24. The predicted molar refractivity (Wildman–Crippen MR) is 80.0 cm³/mol. The van der Waals surface area contributed by atoms with E-state index in [1.165, 1.54) is 19.3 Å². The third-order valence-corrected chi connectivity index (χ3v) is 3.98. The molecule has 1 aromatic carbocycles. The second-order valence-electron chi connectivity index (χ2n) is 5.31. The van der Waals surface area contributed by atoms with E-state index < -0.39 is 0 Å². The van der Waals surface area contributed by atoms with Crippen molar-refractivity contribution in [3.05, 3.63) is 29.8 Å². The molecule has 1 aliphatic carbocycles. The quantitative estimate of drug-likeness (QED) is 0.898. The maximum atomic E-state index is 12.7. The van der Waals surface area contributed by atoms with Gasteiger partial charge in [0.1, 0.15) is 5.75 Å². The topological polar surface area (TPSA) is 55.6 Å². The Kier molecular flexibility index (Phi) is 5.41. The van der Waals surface area contributed by atoms with Gasteiger partial charge in [-0.2, -0.15) is 0 Å². The second kappa shape index (κ2) is 7.29. The lowest BCUT2D eigenvalue weighted by atomic mass is 9.93. The van der Waals surface area contributed by atoms with Gasteiger partial charge in [-0.1, -0.05) is 19.3 Å². The molecule has 20 heavy (non-hydrogen) atoms. The number of carbonyl (C=O) groups excluding carboxylic acids is 1. The van der Waals surface area contributed by atoms with Crippen LogP contribution >= 0.6 is 0 Å². The van der Waals surface area contributed by atoms with E-state index in [0.29, 0.717) is 24.7 Å². The lowest BCUT2D eigenvalue weighted by molar-refractivity contribution is 0.0641. The standard InChI is InChI=1S/C16H24N2O2/c1-20-15-9-7-13(8-10-15)16(19)18(12-11-17)14-5-3-2-4-6-14/h7-10,14H,2-6,11-12,17H2,1H3. The fourth-order valence-corrected chi connectivity index (χ4v) is 2.88. The van der Waals surface area contributed by atoms with E-state index >= 15 is 0 Å². The fraction of sp³-hybridized carbons (Fsp3) is 0.562. The molecule has 0 heterocycles. The van der Waals surface area contributed by atoms with Crippen molar-refractivity contribution in [2.75, 3.05) is 20.2 Å². The number of benzene rings is 1. The highest BCUT2D eigenvalue weighted by Gasteiger charge is 2.25. The predicted octanol–water partition coefficient (Wildman–Crippen LogP) is 2.43. The van der Waals surface area contributed by atoms with Crippen LogP contribution in [0.3, 0.4) is 0 Å². The molecule has 1 fully saturated rings. The summed E-state index contributed by atoms with van der Waals surface area (Å²) in [6.07, 6.45) is 5.90. The van der Waals surface area contributed by atoms with Crippen molar-refractivity contribution in [2.45, 2.75) is 38.1 Å². The van der Waals surface area contributed by atoms with E-state index in [1.807, 2.05) is 29.2 Å². The van der Waals surface area contributed by atoms with Gasteiger partial charge in [0, 0.05) is 24.7 Å². The van der Waals surface area contributed by atoms with Gasteiger partial charge >= 0.3 is 0 Å². The molecule has 2 N–H and O–H groups in total. The first-order valence-corrected chi connectivity index (χ1v) is 7.41. The van der Waals surface area contributed by atoms with Crippen LogP contribution in [0.5, 0.6) is 5.75 Å². The molecule has 0 aliphatic heterocycles.